The van der Waals surface area contributed by atoms with Crippen LogP contribution in [0.4, 0.5) is 0 Å². The summed E-state index contributed by atoms with van der Waals surface area (Å²) in [5.74, 6) is 0. The number of rotatable bonds is 1. The van der Waals surface area contributed by atoms with Gasteiger partial charge in [-0.3, -0.25) is 0 Å². The van der Waals surface area contributed by atoms with Gasteiger partial charge in [0.25, 0.3) is 0 Å². The first-order valence-electron chi connectivity index (χ1n) is 1.88. The zero-order valence-electron chi connectivity index (χ0n) is 4.24. The molecular weight excluding hydrogens is 193 g/mol. The molecule has 0 atom stereocenters. The van der Waals surface area contributed by atoms with E-state index in [1.165, 1.54) is 0 Å². The summed E-state index contributed by atoms with van der Waals surface area (Å²) in [5.41, 5.74) is 4.78. The van der Waals surface area contributed by atoms with Gasteiger partial charge in [0.05, 0.1) is 6.61 Å². The third-order valence-corrected chi connectivity index (χ3v) is 0.129. The van der Waals surface area contributed by atoms with E-state index >= 15 is 0 Å². The predicted octanol–water partition coefficient (Wildman–Crippen LogP) is -2.30. The Balaban J connectivity index is 0. The fourth-order valence-corrected chi connectivity index (χ4v) is 0. The van der Waals surface area contributed by atoms with Gasteiger partial charge in [-0.05, 0) is 0 Å². The quantitative estimate of drug-likeness (QED) is 0.383. The Kier molecular flexibility index (Phi) is 14.9. The summed E-state index contributed by atoms with van der Waals surface area (Å²) in [5, 5.41) is 7.75. The van der Waals surface area contributed by atoms with Gasteiger partial charge in [-0.15, -0.1) is 0 Å². The normalized spacial score (nSPS) is 7.00. The van der Waals surface area contributed by atoms with Crippen LogP contribution in [0.3, 0.4) is 0 Å². The molecule has 0 saturated carbocycles. The van der Waals surface area contributed by atoms with Crippen molar-refractivity contribution < 1.29 is 36.9 Å². The zero-order chi connectivity index (χ0) is 6.99. The molecular formula is C2H9NO4Zr. The van der Waals surface area contributed by atoms with Crippen molar-refractivity contribution in [2.24, 2.45) is 5.73 Å². The molecule has 0 amide bonds. The average molecular weight is 202 g/mol. The van der Waals surface area contributed by atoms with Gasteiger partial charge in [0.2, 0.25) is 0 Å². The van der Waals surface area contributed by atoms with E-state index in [4.69, 9.17) is 20.0 Å². The van der Waals surface area contributed by atoms with Crippen molar-refractivity contribution in [2.75, 3.05) is 13.2 Å². The summed E-state index contributed by atoms with van der Waals surface area (Å²) in [6.07, 6.45) is 0. The molecule has 8 heavy (non-hydrogen) atoms. The molecule has 0 unspecified atom stereocenters. The third kappa shape index (κ3) is 85.8. The minimum atomic E-state index is -3.79. The zero-order valence-corrected chi connectivity index (χ0v) is 6.70. The van der Waals surface area contributed by atoms with E-state index in [1.807, 2.05) is 0 Å². The first-order chi connectivity index (χ1) is 3.65. The number of hydrogen-bond donors (Lipinski definition) is 4. The summed E-state index contributed by atoms with van der Waals surface area (Å²) >= 11 is -3.79. The molecule has 0 aliphatic carbocycles. The van der Waals surface area contributed by atoms with Crippen LogP contribution in [0.1, 0.15) is 0 Å². The molecule has 0 aliphatic heterocycles. The molecule has 0 rings (SSSR count). The Morgan fingerprint density at radius 3 is 1.62 bits per heavy atom. The van der Waals surface area contributed by atoms with Gasteiger partial charge in [0.15, 0.2) is 0 Å². The molecule has 0 spiro atoms. The van der Waals surface area contributed by atoms with Crippen molar-refractivity contribution in [2.45, 2.75) is 0 Å². The van der Waals surface area contributed by atoms with E-state index < -0.39 is 22.6 Å². The van der Waals surface area contributed by atoms with E-state index in [-0.39, 0.29) is 6.61 Å². The second kappa shape index (κ2) is 10.5. The van der Waals surface area contributed by atoms with Gasteiger partial charge >= 0.3 is 31.8 Å². The number of nitrogens with two attached hydrogens (primary N) is 1. The van der Waals surface area contributed by atoms with E-state index in [9.17, 15) is 0 Å². The van der Waals surface area contributed by atoms with Gasteiger partial charge in [-0.2, -0.15) is 0 Å². The number of aliphatic hydroxyl groups is 1. The van der Waals surface area contributed by atoms with Crippen LogP contribution in [0.5, 0.6) is 0 Å². The van der Waals surface area contributed by atoms with E-state index in [1.54, 1.807) is 0 Å². The fraction of sp³-hybridized carbons (Fsp3) is 1.00. The van der Waals surface area contributed by atoms with E-state index in [0.29, 0.717) is 6.54 Å². The summed E-state index contributed by atoms with van der Waals surface area (Å²) in [6.45, 7) is 0.472. The molecule has 0 aromatic carbocycles. The fourth-order valence-electron chi connectivity index (χ4n) is 0. The van der Waals surface area contributed by atoms with Crippen LogP contribution in [0.15, 0.2) is 0 Å². The maximum absolute atomic E-state index is 8.84. The molecule has 0 bridgehead atoms. The molecule has 0 aromatic rings. The first-order valence-corrected chi connectivity index (χ1v) is 5.08. The summed E-state index contributed by atoms with van der Waals surface area (Å²) in [4.78, 5) is 0. The summed E-state index contributed by atoms with van der Waals surface area (Å²) in [6, 6.07) is 0. The third-order valence-electron chi connectivity index (χ3n) is 0.129. The molecule has 5 N–H and O–H groups in total. The van der Waals surface area contributed by atoms with Crippen LogP contribution in [0, 0.1) is 0 Å². The van der Waals surface area contributed by atoms with Crippen LogP contribution >= 0.6 is 0 Å². The Hall–Kier alpha value is 0.523. The van der Waals surface area contributed by atoms with Crippen molar-refractivity contribution in [3.05, 3.63) is 0 Å². The van der Waals surface area contributed by atoms with Crippen LogP contribution in [-0.2, 0) is 25.4 Å². The average Bonchev–Trinajstić information content (AvgIpc) is 1.65. The standard InChI is InChI=1S/C2H7NO.2H2O.O.Zr/c3-1-2-4;;;;/h4H,1-3H2;2*1H2;;/q;;;;+2/p-2. The molecule has 0 saturated heterocycles. The van der Waals surface area contributed by atoms with Crippen LogP contribution < -0.4 is 5.73 Å². The van der Waals surface area contributed by atoms with Crippen molar-refractivity contribution in [3.63, 3.8) is 0 Å². The number of aliphatic hydroxyl groups excluding tert-OH is 1. The molecule has 0 aromatic heterocycles. The predicted molar refractivity (Wildman–Crippen MR) is 21.3 cm³/mol. The van der Waals surface area contributed by atoms with E-state index in [2.05, 4.69) is 0 Å². The molecule has 0 heterocycles. The molecule has 50 valence electrons. The Bertz CT molecular complexity index is 52.0. The number of hydrogen-bond acceptors (Lipinski definition) is 3. The Morgan fingerprint density at radius 2 is 1.62 bits per heavy atom. The van der Waals surface area contributed by atoms with Gasteiger partial charge in [0, 0.05) is 6.54 Å². The Morgan fingerprint density at radius 1 is 1.50 bits per heavy atom. The van der Waals surface area contributed by atoms with Crippen molar-refractivity contribution in [3.8, 4) is 0 Å². The van der Waals surface area contributed by atoms with Crippen molar-refractivity contribution in [1.29, 1.82) is 0 Å². The molecule has 0 aliphatic rings. The molecule has 6 heteroatoms. The van der Waals surface area contributed by atoms with Crippen LogP contribution in [0.25, 0.3) is 0 Å². The van der Waals surface area contributed by atoms with E-state index in [0.717, 1.165) is 0 Å². The molecule has 0 fully saturated rings. The van der Waals surface area contributed by atoms with Gasteiger partial charge in [0.1, 0.15) is 0 Å². The minimum absolute atomic E-state index is 0.0972. The van der Waals surface area contributed by atoms with Crippen molar-refractivity contribution in [1.82, 2.24) is 0 Å². The molecule has 5 nitrogen and oxygen atoms in total. The first kappa shape index (κ1) is 11.3. The topological polar surface area (TPSA) is 104 Å². The second-order valence-corrected chi connectivity index (χ2v) is 2.18. The second-order valence-electron chi connectivity index (χ2n) is 0.795. The Labute approximate surface area is 56.1 Å². The van der Waals surface area contributed by atoms with Gasteiger partial charge in [-0.1, -0.05) is 0 Å². The van der Waals surface area contributed by atoms with Crippen LogP contribution in [-0.4, -0.2) is 24.6 Å². The summed E-state index contributed by atoms with van der Waals surface area (Å²) in [7, 11) is 0. The van der Waals surface area contributed by atoms with Crippen molar-refractivity contribution >= 4 is 0 Å². The molecule has 0 radical (unpaired) electrons. The SMILES string of the molecule is NCCO.[O]=[Zr]([OH])[OH]. The monoisotopic (exact) mass is 201 g/mol. The summed E-state index contributed by atoms with van der Waals surface area (Å²) < 4.78 is 23.3. The van der Waals surface area contributed by atoms with Crippen LogP contribution in [0.2, 0.25) is 0 Å². The van der Waals surface area contributed by atoms with Gasteiger partial charge < -0.3 is 10.8 Å². The maximum atomic E-state index is 8.84. The van der Waals surface area contributed by atoms with Gasteiger partial charge in [-0.25, -0.2) is 0 Å².